The molecule has 2 N–H and O–H groups in total. The highest BCUT2D eigenvalue weighted by Crippen LogP contribution is 2.22. The first-order valence-corrected chi connectivity index (χ1v) is 6.35. The SMILES string of the molecule is CCCCSc1nnc([C@@H](N)C(C)C)o1. The van der Waals surface area contributed by atoms with E-state index in [-0.39, 0.29) is 6.04 Å². The summed E-state index contributed by atoms with van der Waals surface area (Å²) in [5, 5.41) is 8.55. The van der Waals surface area contributed by atoms with Crippen molar-refractivity contribution in [3.63, 3.8) is 0 Å². The molecule has 0 aliphatic carbocycles. The molecule has 15 heavy (non-hydrogen) atoms. The van der Waals surface area contributed by atoms with Gasteiger partial charge in [0.15, 0.2) is 0 Å². The van der Waals surface area contributed by atoms with E-state index >= 15 is 0 Å². The highest BCUT2D eigenvalue weighted by molar-refractivity contribution is 7.99. The van der Waals surface area contributed by atoms with Crippen LogP contribution in [0.5, 0.6) is 0 Å². The van der Waals surface area contributed by atoms with Crippen molar-refractivity contribution in [2.75, 3.05) is 5.75 Å². The van der Waals surface area contributed by atoms with Crippen LogP contribution in [0.2, 0.25) is 0 Å². The maximum Gasteiger partial charge on any atom is 0.276 e. The van der Waals surface area contributed by atoms with Crippen LogP contribution in [0.25, 0.3) is 0 Å². The molecule has 0 aliphatic heterocycles. The summed E-state index contributed by atoms with van der Waals surface area (Å²) in [5.41, 5.74) is 5.90. The average molecular weight is 229 g/mol. The molecule has 4 nitrogen and oxygen atoms in total. The molecule has 1 atom stereocenters. The van der Waals surface area contributed by atoms with Gasteiger partial charge in [0.05, 0.1) is 6.04 Å². The van der Waals surface area contributed by atoms with E-state index in [2.05, 4.69) is 17.1 Å². The fourth-order valence-corrected chi connectivity index (χ4v) is 1.85. The second-order valence-corrected chi connectivity index (χ2v) is 4.92. The van der Waals surface area contributed by atoms with Gasteiger partial charge >= 0.3 is 0 Å². The van der Waals surface area contributed by atoms with Gasteiger partial charge < -0.3 is 10.2 Å². The van der Waals surface area contributed by atoms with Crippen LogP contribution in [0.1, 0.15) is 45.5 Å². The van der Waals surface area contributed by atoms with Crippen molar-refractivity contribution in [2.45, 2.75) is 44.9 Å². The van der Waals surface area contributed by atoms with Crippen LogP contribution in [0, 0.1) is 5.92 Å². The lowest BCUT2D eigenvalue weighted by molar-refractivity contribution is 0.349. The minimum atomic E-state index is -0.155. The second kappa shape index (κ2) is 6.12. The fourth-order valence-electron chi connectivity index (χ4n) is 1.00. The summed E-state index contributed by atoms with van der Waals surface area (Å²) in [4.78, 5) is 0. The molecule has 0 amide bonds. The summed E-state index contributed by atoms with van der Waals surface area (Å²) in [5.74, 6) is 1.89. The van der Waals surface area contributed by atoms with E-state index in [1.807, 2.05) is 13.8 Å². The normalized spacial score (nSPS) is 13.4. The van der Waals surface area contributed by atoms with Crippen molar-refractivity contribution in [2.24, 2.45) is 11.7 Å². The van der Waals surface area contributed by atoms with Gasteiger partial charge in [0, 0.05) is 5.75 Å². The first kappa shape index (κ1) is 12.5. The number of rotatable bonds is 6. The van der Waals surface area contributed by atoms with Gasteiger partial charge in [-0.2, -0.15) is 0 Å². The molecule has 0 spiro atoms. The van der Waals surface area contributed by atoms with Gasteiger partial charge in [-0.1, -0.05) is 39.0 Å². The van der Waals surface area contributed by atoms with Crippen LogP contribution in [0.15, 0.2) is 9.64 Å². The van der Waals surface area contributed by atoms with E-state index in [0.717, 1.165) is 5.75 Å². The Morgan fingerprint density at radius 1 is 1.40 bits per heavy atom. The van der Waals surface area contributed by atoms with E-state index in [4.69, 9.17) is 10.2 Å². The standard InChI is InChI=1S/C10H19N3OS/c1-4-5-6-15-10-13-12-9(14-10)8(11)7(2)3/h7-8H,4-6,11H2,1-3H3/t8-/m0/s1. The van der Waals surface area contributed by atoms with E-state index < -0.39 is 0 Å². The molecule has 1 aromatic rings. The Hall–Kier alpha value is -0.550. The zero-order valence-electron chi connectivity index (χ0n) is 9.56. The molecule has 0 aromatic carbocycles. The molecular formula is C10H19N3OS. The van der Waals surface area contributed by atoms with Crippen LogP contribution in [0.4, 0.5) is 0 Å². The van der Waals surface area contributed by atoms with E-state index in [1.165, 1.54) is 12.8 Å². The smallest absolute Gasteiger partial charge is 0.276 e. The van der Waals surface area contributed by atoms with Crippen molar-refractivity contribution >= 4 is 11.8 Å². The van der Waals surface area contributed by atoms with Gasteiger partial charge in [0.2, 0.25) is 5.89 Å². The van der Waals surface area contributed by atoms with Crippen LogP contribution in [-0.2, 0) is 0 Å². The Bertz CT molecular complexity index is 288. The molecule has 0 bridgehead atoms. The average Bonchev–Trinajstić information content (AvgIpc) is 2.65. The predicted molar refractivity (Wildman–Crippen MR) is 61.7 cm³/mol. The Morgan fingerprint density at radius 2 is 2.13 bits per heavy atom. The van der Waals surface area contributed by atoms with Crippen molar-refractivity contribution < 1.29 is 4.42 Å². The van der Waals surface area contributed by atoms with E-state index in [9.17, 15) is 0 Å². The zero-order valence-corrected chi connectivity index (χ0v) is 10.4. The van der Waals surface area contributed by atoms with Gasteiger partial charge in [-0.3, -0.25) is 0 Å². The fraction of sp³-hybridized carbons (Fsp3) is 0.800. The van der Waals surface area contributed by atoms with Gasteiger partial charge in [-0.25, -0.2) is 0 Å². The molecule has 1 aromatic heterocycles. The highest BCUT2D eigenvalue weighted by Gasteiger charge is 2.17. The summed E-state index contributed by atoms with van der Waals surface area (Å²) in [6.45, 7) is 6.24. The third-order valence-electron chi connectivity index (χ3n) is 2.15. The van der Waals surface area contributed by atoms with Crippen LogP contribution >= 0.6 is 11.8 Å². The lowest BCUT2D eigenvalue weighted by Crippen LogP contribution is -2.16. The predicted octanol–water partition coefficient (Wildman–Crippen LogP) is 2.62. The third kappa shape index (κ3) is 3.83. The zero-order chi connectivity index (χ0) is 11.3. The van der Waals surface area contributed by atoms with Crippen molar-refractivity contribution in [3.8, 4) is 0 Å². The number of nitrogens with zero attached hydrogens (tertiary/aromatic N) is 2. The lowest BCUT2D eigenvalue weighted by Gasteiger charge is -2.09. The molecule has 0 unspecified atom stereocenters. The number of nitrogens with two attached hydrogens (primary N) is 1. The molecule has 0 fully saturated rings. The number of thioether (sulfide) groups is 1. The van der Waals surface area contributed by atoms with Gasteiger partial charge in [-0.05, 0) is 12.3 Å². The van der Waals surface area contributed by atoms with Crippen molar-refractivity contribution in [3.05, 3.63) is 5.89 Å². The van der Waals surface area contributed by atoms with Crippen molar-refractivity contribution in [1.82, 2.24) is 10.2 Å². The minimum Gasteiger partial charge on any atom is -0.414 e. The van der Waals surface area contributed by atoms with Gasteiger partial charge in [-0.15, -0.1) is 10.2 Å². The van der Waals surface area contributed by atoms with Crippen LogP contribution < -0.4 is 5.73 Å². The first-order chi connectivity index (χ1) is 7.15. The topological polar surface area (TPSA) is 64.9 Å². The second-order valence-electron chi connectivity index (χ2n) is 3.88. The van der Waals surface area contributed by atoms with Gasteiger partial charge in [0.1, 0.15) is 0 Å². The van der Waals surface area contributed by atoms with Crippen LogP contribution in [-0.4, -0.2) is 16.0 Å². The van der Waals surface area contributed by atoms with E-state index in [1.54, 1.807) is 11.8 Å². The number of aromatic nitrogens is 2. The first-order valence-electron chi connectivity index (χ1n) is 5.37. The third-order valence-corrected chi connectivity index (χ3v) is 3.05. The molecule has 5 heteroatoms. The summed E-state index contributed by atoms with van der Waals surface area (Å²) in [7, 11) is 0. The molecule has 0 aliphatic rings. The minimum absolute atomic E-state index is 0.155. The molecule has 0 radical (unpaired) electrons. The maximum absolute atomic E-state index is 5.90. The summed E-state index contributed by atoms with van der Waals surface area (Å²) in [6, 6.07) is -0.155. The van der Waals surface area contributed by atoms with Gasteiger partial charge in [0.25, 0.3) is 5.22 Å². The highest BCUT2D eigenvalue weighted by atomic mass is 32.2. The van der Waals surface area contributed by atoms with Crippen molar-refractivity contribution in [1.29, 1.82) is 0 Å². The quantitative estimate of drug-likeness (QED) is 0.600. The summed E-state index contributed by atoms with van der Waals surface area (Å²) in [6.07, 6.45) is 2.35. The number of hydrogen-bond donors (Lipinski definition) is 1. The van der Waals surface area contributed by atoms with E-state index in [0.29, 0.717) is 17.0 Å². The largest absolute Gasteiger partial charge is 0.414 e. The summed E-state index contributed by atoms with van der Waals surface area (Å²) < 4.78 is 5.47. The Morgan fingerprint density at radius 3 is 2.73 bits per heavy atom. The monoisotopic (exact) mass is 229 g/mol. The molecule has 1 heterocycles. The molecule has 1 rings (SSSR count). The molecule has 0 saturated carbocycles. The lowest BCUT2D eigenvalue weighted by atomic mass is 10.1. The Balaban J connectivity index is 2.48. The molecule has 86 valence electrons. The molecular weight excluding hydrogens is 210 g/mol. The molecule has 0 saturated heterocycles. The Kier molecular flexibility index (Phi) is 5.11. The summed E-state index contributed by atoms with van der Waals surface area (Å²) >= 11 is 1.60. The maximum atomic E-state index is 5.90. The van der Waals surface area contributed by atoms with Crippen LogP contribution in [0.3, 0.4) is 0 Å². The number of hydrogen-bond acceptors (Lipinski definition) is 5. The number of unbranched alkanes of at least 4 members (excludes halogenated alkanes) is 1. The Labute approximate surface area is 95.0 Å².